The van der Waals surface area contributed by atoms with Gasteiger partial charge in [0.05, 0.1) is 19.1 Å². The van der Waals surface area contributed by atoms with Gasteiger partial charge in [0.2, 0.25) is 5.91 Å². The summed E-state index contributed by atoms with van der Waals surface area (Å²) in [6, 6.07) is -0.680. The van der Waals surface area contributed by atoms with Crippen LogP contribution in [-0.2, 0) is 9.53 Å². The molecule has 0 aromatic heterocycles. The standard InChI is InChI=1S/C10H18F3N3O2/c1-15-9(17)8-6-18-3-2-16(8)5-7(4-14)10(11,12)13/h7-8H,2-6,14H2,1H3,(H,15,17). The van der Waals surface area contributed by atoms with Crippen molar-refractivity contribution < 1.29 is 22.7 Å². The van der Waals surface area contributed by atoms with Crippen LogP contribution < -0.4 is 11.1 Å². The van der Waals surface area contributed by atoms with Crippen molar-refractivity contribution in [1.29, 1.82) is 0 Å². The summed E-state index contributed by atoms with van der Waals surface area (Å²) in [5.74, 6) is -1.96. The van der Waals surface area contributed by atoms with Crippen LogP contribution in [0.3, 0.4) is 0 Å². The second-order valence-electron chi connectivity index (χ2n) is 4.17. The minimum atomic E-state index is -4.35. The number of carbonyl (C=O) groups excluding carboxylic acids is 1. The lowest BCUT2D eigenvalue weighted by atomic mass is 10.1. The summed E-state index contributed by atoms with van der Waals surface area (Å²) in [5.41, 5.74) is 5.15. The van der Waals surface area contributed by atoms with Gasteiger partial charge in [-0.1, -0.05) is 0 Å². The van der Waals surface area contributed by atoms with E-state index in [1.54, 1.807) is 0 Å². The maximum absolute atomic E-state index is 12.6. The van der Waals surface area contributed by atoms with E-state index in [1.165, 1.54) is 11.9 Å². The Bertz CT molecular complexity index is 286. The SMILES string of the molecule is CNC(=O)C1COCCN1CC(CN)C(F)(F)F. The monoisotopic (exact) mass is 269 g/mol. The predicted octanol–water partition coefficient (Wildman–Crippen LogP) is -0.430. The van der Waals surface area contributed by atoms with Gasteiger partial charge < -0.3 is 15.8 Å². The second-order valence-corrected chi connectivity index (χ2v) is 4.17. The predicted molar refractivity (Wildman–Crippen MR) is 58.8 cm³/mol. The average Bonchev–Trinajstić information content (AvgIpc) is 2.34. The third-order valence-electron chi connectivity index (χ3n) is 2.99. The number of nitrogens with zero attached hydrogens (tertiary/aromatic N) is 1. The fraction of sp³-hybridized carbons (Fsp3) is 0.900. The number of hydrogen-bond donors (Lipinski definition) is 2. The Kier molecular flexibility index (Phi) is 5.36. The zero-order valence-corrected chi connectivity index (χ0v) is 10.2. The Morgan fingerprint density at radius 2 is 2.28 bits per heavy atom. The van der Waals surface area contributed by atoms with Crippen LogP contribution in [0.25, 0.3) is 0 Å². The number of nitrogens with two attached hydrogens (primary N) is 1. The highest BCUT2D eigenvalue weighted by atomic mass is 19.4. The number of rotatable bonds is 4. The summed E-state index contributed by atoms with van der Waals surface area (Å²) in [4.78, 5) is 13.0. The number of nitrogens with one attached hydrogen (secondary N) is 1. The summed E-state index contributed by atoms with van der Waals surface area (Å²) >= 11 is 0. The van der Waals surface area contributed by atoms with E-state index >= 15 is 0 Å². The molecule has 0 radical (unpaired) electrons. The molecule has 2 unspecified atom stereocenters. The van der Waals surface area contributed by atoms with Gasteiger partial charge in [-0.05, 0) is 0 Å². The van der Waals surface area contributed by atoms with Crippen LogP contribution in [0.1, 0.15) is 0 Å². The Morgan fingerprint density at radius 3 is 2.78 bits per heavy atom. The molecule has 8 heteroatoms. The van der Waals surface area contributed by atoms with Crippen molar-refractivity contribution >= 4 is 5.91 Å². The first kappa shape index (κ1) is 15.2. The van der Waals surface area contributed by atoms with E-state index in [0.717, 1.165) is 0 Å². The van der Waals surface area contributed by atoms with E-state index in [2.05, 4.69) is 5.32 Å². The number of carbonyl (C=O) groups is 1. The van der Waals surface area contributed by atoms with Gasteiger partial charge in [-0.25, -0.2) is 0 Å². The van der Waals surface area contributed by atoms with E-state index in [-0.39, 0.29) is 19.1 Å². The zero-order chi connectivity index (χ0) is 13.8. The van der Waals surface area contributed by atoms with Crippen molar-refractivity contribution in [2.24, 2.45) is 11.7 Å². The normalized spacial score (nSPS) is 23.7. The smallest absolute Gasteiger partial charge is 0.378 e. The van der Waals surface area contributed by atoms with Crippen molar-refractivity contribution in [3.63, 3.8) is 0 Å². The van der Waals surface area contributed by atoms with Crippen LogP contribution in [0, 0.1) is 5.92 Å². The van der Waals surface area contributed by atoms with Gasteiger partial charge in [-0.2, -0.15) is 13.2 Å². The van der Waals surface area contributed by atoms with Crippen LogP contribution in [0.4, 0.5) is 13.2 Å². The van der Waals surface area contributed by atoms with E-state index in [0.29, 0.717) is 13.2 Å². The van der Waals surface area contributed by atoms with Crippen LogP contribution in [0.5, 0.6) is 0 Å². The van der Waals surface area contributed by atoms with Gasteiger partial charge in [0.15, 0.2) is 0 Å². The molecule has 3 N–H and O–H groups in total. The van der Waals surface area contributed by atoms with Crippen molar-refractivity contribution in [3.05, 3.63) is 0 Å². The third-order valence-corrected chi connectivity index (χ3v) is 2.99. The molecule has 0 spiro atoms. The van der Waals surface area contributed by atoms with Crippen LogP contribution in [0.2, 0.25) is 0 Å². The van der Waals surface area contributed by atoms with Crippen molar-refractivity contribution in [2.75, 3.05) is 39.9 Å². The maximum Gasteiger partial charge on any atom is 0.394 e. The minimum Gasteiger partial charge on any atom is -0.378 e. The molecule has 0 aromatic rings. The number of morpholine rings is 1. The molecule has 18 heavy (non-hydrogen) atoms. The number of alkyl halides is 3. The Hall–Kier alpha value is -0.860. The molecule has 1 heterocycles. The first-order valence-electron chi connectivity index (χ1n) is 5.70. The molecule has 2 atom stereocenters. The number of ether oxygens (including phenoxy) is 1. The molecule has 1 aliphatic heterocycles. The maximum atomic E-state index is 12.6. The number of likely N-dealkylation sites (N-methyl/N-ethyl adjacent to an activating group) is 1. The number of halogens is 3. The number of hydrogen-bond acceptors (Lipinski definition) is 4. The molecule has 1 fully saturated rings. The highest BCUT2D eigenvalue weighted by molar-refractivity contribution is 5.81. The fourth-order valence-corrected chi connectivity index (χ4v) is 1.86. The van der Waals surface area contributed by atoms with E-state index in [4.69, 9.17) is 10.5 Å². The molecule has 0 bridgehead atoms. The van der Waals surface area contributed by atoms with Crippen LogP contribution in [0.15, 0.2) is 0 Å². The summed E-state index contributed by atoms with van der Waals surface area (Å²) in [5, 5.41) is 2.42. The Labute approximate surface area is 103 Å². The third kappa shape index (κ3) is 3.82. The topological polar surface area (TPSA) is 67.6 Å². The lowest BCUT2D eigenvalue weighted by Crippen LogP contribution is -2.56. The molecule has 1 aliphatic rings. The van der Waals surface area contributed by atoms with E-state index < -0.39 is 24.7 Å². The Morgan fingerprint density at radius 1 is 1.61 bits per heavy atom. The van der Waals surface area contributed by atoms with Gasteiger partial charge >= 0.3 is 6.18 Å². The lowest BCUT2D eigenvalue weighted by Gasteiger charge is -2.36. The van der Waals surface area contributed by atoms with Gasteiger partial charge in [-0.3, -0.25) is 9.69 Å². The van der Waals surface area contributed by atoms with E-state index in [9.17, 15) is 18.0 Å². The highest BCUT2D eigenvalue weighted by Gasteiger charge is 2.41. The molecule has 5 nitrogen and oxygen atoms in total. The summed E-state index contributed by atoms with van der Waals surface area (Å²) in [6.07, 6.45) is -4.35. The zero-order valence-electron chi connectivity index (χ0n) is 10.2. The summed E-state index contributed by atoms with van der Waals surface area (Å²) in [6.45, 7) is -0.0368. The van der Waals surface area contributed by atoms with Crippen molar-refractivity contribution in [1.82, 2.24) is 10.2 Å². The summed E-state index contributed by atoms with van der Waals surface area (Å²) < 4.78 is 43.1. The highest BCUT2D eigenvalue weighted by Crippen LogP contribution is 2.27. The molecule has 106 valence electrons. The molecule has 1 saturated heterocycles. The quantitative estimate of drug-likeness (QED) is 0.727. The van der Waals surface area contributed by atoms with Crippen molar-refractivity contribution in [2.45, 2.75) is 12.2 Å². The molecule has 1 amide bonds. The minimum absolute atomic E-state index is 0.106. The molecular weight excluding hydrogens is 251 g/mol. The lowest BCUT2D eigenvalue weighted by molar-refractivity contribution is -0.182. The molecule has 0 saturated carbocycles. The first-order valence-corrected chi connectivity index (χ1v) is 5.70. The van der Waals surface area contributed by atoms with E-state index in [1.807, 2.05) is 0 Å². The largest absolute Gasteiger partial charge is 0.394 e. The number of amides is 1. The molecular formula is C10H18F3N3O2. The second kappa shape index (κ2) is 6.35. The van der Waals surface area contributed by atoms with Gasteiger partial charge in [0, 0.05) is 26.7 Å². The van der Waals surface area contributed by atoms with Crippen molar-refractivity contribution in [3.8, 4) is 0 Å². The van der Waals surface area contributed by atoms with Gasteiger partial charge in [0.1, 0.15) is 6.04 Å². The fourth-order valence-electron chi connectivity index (χ4n) is 1.86. The first-order chi connectivity index (χ1) is 8.40. The van der Waals surface area contributed by atoms with Crippen LogP contribution >= 0.6 is 0 Å². The van der Waals surface area contributed by atoms with Gasteiger partial charge in [-0.15, -0.1) is 0 Å². The average molecular weight is 269 g/mol. The molecule has 0 aromatic carbocycles. The Balaban J connectivity index is 2.69. The van der Waals surface area contributed by atoms with Gasteiger partial charge in [0.25, 0.3) is 0 Å². The molecule has 0 aliphatic carbocycles. The van der Waals surface area contributed by atoms with Crippen LogP contribution in [-0.4, -0.2) is 62.9 Å². The summed E-state index contributed by atoms with van der Waals surface area (Å²) in [7, 11) is 1.44. The molecule has 1 rings (SSSR count).